The third-order valence-corrected chi connectivity index (χ3v) is 16.1. The number of amides is 3. The molecule has 4 fully saturated rings. The second-order valence-electron chi connectivity index (χ2n) is 20.5. The van der Waals surface area contributed by atoms with Crippen molar-refractivity contribution < 1.29 is 19.1 Å². The van der Waals surface area contributed by atoms with Crippen LogP contribution in [0.25, 0.3) is 44.2 Å². The first-order chi connectivity index (χ1) is 34.1. The highest BCUT2D eigenvalue weighted by atomic mass is 16.5. The SMILES string of the molecule is COCc1nc2ccc(-c3ccnc4c3cc(CN3CCC(c5ccc(C(=O)N6CCC(CN7CCC(Cc8ccc9c(c8)n(C)c(=O)n9C8CCC(=O)NC8=O)CC7)CC6)cc5)CC3)n4C)cc2[nH]1. The van der Waals surface area contributed by atoms with Crippen LogP contribution in [0, 0.1) is 11.8 Å². The largest absolute Gasteiger partial charge is 0.377 e. The lowest BCUT2D eigenvalue weighted by Crippen LogP contribution is -2.44. The summed E-state index contributed by atoms with van der Waals surface area (Å²) in [6, 6.07) is 24.8. The van der Waals surface area contributed by atoms with Gasteiger partial charge in [0.2, 0.25) is 11.8 Å². The van der Waals surface area contributed by atoms with E-state index < -0.39 is 11.9 Å². The maximum atomic E-state index is 13.7. The molecule has 1 atom stereocenters. The number of imide groups is 1. The zero-order valence-electron chi connectivity index (χ0n) is 40.7. The molecule has 1 unspecified atom stereocenters. The average molecular weight is 945 g/mol. The minimum Gasteiger partial charge on any atom is -0.377 e. The van der Waals surface area contributed by atoms with Crippen LogP contribution in [0.1, 0.15) is 96.3 Å². The number of aromatic nitrogens is 6. The van der Waals surface area contributed by atoms with Gasteiger partial charge in [0.15, 0.2) is 0 Å². The van der Waals surface area contributed by atoms with Crippen LogP contribution in [0.2, 0.25) is 0 Å². The predicted octanol–water partition coefficient (Wildman–Crippen LogP) is 7.08. The molecule has 4 aliphatic rings. The number of carbonyl (C=O) groups excluding carboxylic acids is 3. The third kappa shape index (κ3) is 9.10. The Morgan fingerprint density at radius 3 is 2.29 bits per heavy atom. The smallest absolute Gasteiger partial charge is 0.329 e. The Bertz CT molecular complexity index is 3140. The number of benzene rings is 3. The van der Waals surface area contributed by atoms with Gasteiger partial charge in [-0.15, -0.1) is 0 Å². The number of hydrogen-bond acceptors (Lipinski definition) is 9. The number of aryl methyl sites for hydroxylation is 2. The van der Waals surface area contributed by atoms with Gasteiger partial charge in [-0.25, -0.2) is 14.8 Å². The molecule has 4 aliphatic heterocycles. The summed E-state index contributed by atoms with van der Waals surface area (Å²) in [5.74, 6) is 1.93. The molecule has 15 heteroatoms. The minimum absolute atomic E-state index is 0.150. The maximum Gasteiger partial charge on any atom is 0.329 e. The molecule has 0 spiro atoms. The number of methoxy groups -OCH3 is 1. The van der Waals surface area contributed by atoms with Crippen LogP contribution in [-0.2, 0) is 48.0 Å². The van der Waals surface area contributed by atoms with Crippen molar-refractivity contribution in [1.29, 1.82) is 0 Å². The normalized spacial score (nSPS) is 19.5. The predicted molar refractivity (Wildman–Crippen MR) is 270 cm³/mol. The number of nitrogens with zero attached hydrogens (tertiary/aromatic N) is 8. The van der Waals surface area contributed by atoms with Crippen molar-refractivity contribution >= 4 is 50.8 Å². The van der Waals surface area contributed by atoms with Gasteiger partial charge in [-0.3, -0.25) is 33.7 Å². The van der Waals surface area contributed by atoms with Crippen LogP contribution in [0.5, 0.6) is 0 Å². The van der Waals surface area contributed by atoms with Gasteiger partial charge in [0, 0.05) is 76.6 Å². The molecule has 0 radical (unpaired) electrons. The van der Waals surface area contributed by atoms with E-state index in [-0.39, 0.29) is 23.9 Å². The van der Waals surface area contributed by atoms with Crippen LogP contribution >= 0.6 is 0 Å². The highest BCUT2D eigenvalue weighted by Crippen LogP contribution is 2.34. The van der Waals surface area contributed by atoms with Gasteiger partial charge in [0.05, 0.1) is 22.1 Å². The molecule has 0 aliphatic carbocycles. The fourth-order valence-electron chi connectivity index (χ4n) is 12.0. The lowest BCUT2D eigenvalue weighted by atomic mass is 9.88. The van der Waals surface area contributed by atoms with E-state index >= 15 is 0 Å². The molecule has 3 aromatic carbocycles. The molecule has 70 heavy (non-hydrogen) atoms. The Morgan fingerprint density at radius 2 is 1.53 bits per heavy atom. The topological polar surface area (TPSA) is 156 Å². The Labute approximate surface area is 407 Å². The van der Waals surface area contributed by atoms with Crippen molar-refractivity contribution in [1.82, 2.24) is 48.7 Å². The molecule has 4 aromatic heterocycles. The molecule has 0 saturated carbocycles. The maximum absolute atomic E-state index is 13.7. The molecule has 2 N–H and O–H groups in total. The van der Waals surface area contributed by atoms with Crippen molar-refractivity contribution in [2.45, 2.75) is 82.9 Å². The summed E-state index contributed by atoms with van der Waals surface area (Å²) >= 11 is 0. The molecule has 4 saturated heterocycles. The first-order valence-corrected chi connectivity index (χ1v) is 25.4. The number of ether oxygens (including phenoxy) is 1. The summed E-state index contributed by atoms with van der Waals surface area (Å²) in [4.78, 5) is 71.4. The van der Waals surface area contributed by atoms with E-state index in [1.165, 1.54) is 16.8 Å². The number of imidazole rings is 2. The van der Waals surface area contributed by atoms with Gasteiger partial charge in [-0.2, -0.15) is 0 Å². The summed E-state index contributed by atoms with van der Waals surface area (Å²) in [7, 11) is 5.56. The monoisotopic (exact) mass is 945 g/mol. The van der Waals surface area contributed by atoms with Crippen LogP contribution in [0.3, 0.4) is 0 Å². The van der Waals surface area contributed by atoms with Crippen molar-refractivity contribution in [3.05, 3.63) is 118 Å². The molecule has 3 amide bonds. The number of rotatable bonds is 12. The van der Waals surface area contributed by atoms with Crippen LogP contribution in [0.4, 0.5) is 0 Å². The first-order valence-electron chi connectivity index (χ1n) is 25.4. The van der Waals surface area contributed by atoms with Gasteiger partial charge in [0.1, 0.15) is 24.1 Å². The van der Waals surface area contributed by atoms with Gasteiger partial charge in [-0.1, -0.05) is 24.3 Å². The fraction of sp³-hybridized carbons (Fsp3) is 0.455. The Hall–Kier alpha value is -6.42. The van der Waals surface area contributed by atoms with Gasteiger partial charge >= 0.3 is 5.69 Å². The zero-order chi connectivity index (χ0) is 48.0. The van der Waals surface area contributed by atoms with E-state index in [1.54, 1.807) is 23.3 Å². The summed E-state index contributed by atoms with van der Waals surface area (Å²) in [6.07, 6.45) is 9.94. The van der Waals surface area contributed by atoms with Crippen molar-refractivity contribution in [3.8, 4) is 11.1 Å². The van der Waals surface area contributed by atoms with E-state index in [0.717, 1.165) is 153 Å². The van der Waals surface area contributed by atoms with Crippen molar-refractivity contribution in [2.24, 2.45) is 25.9 Å². The van der Waals surface area contributed by atoms with Gasteiger partial charge in [0.25, 0.3) is 5.91 Å². The lowest BCUT2D eigenvalue weighted by Gasteiger charge is -2.38. The number of pyridine rings is 1. The number of piperidine rings is 4. The number of likely N-dealkylation sites (tertiary alicyclic amines) is 3. The Morgan fingerprint density at radius 1 is 0.771 bits per heavy atom. The van der Waals surface area contributed by atoms with Crippen LogP contribution in [-0.4, -0.2) is 114 Å². The first kappa shape index (κ1) is 46.0. The average Bonchev–Trinajstić information content (AvgIpc) is 4.01. The highest BCUT2D eigenvalue weighted by Gasteiger charge is 2.32. The molecular formula is C55H64N10O5. The van der Waals surface area contributed by atoms with Gasteiger partial charge < -0.3 is 24.1 Å². The molecule has 8 heterocycles. The van der Waals surface area contributed by atoms with Crippen LogP contribution < -0.4 is 11.0 Å². The van der Waals surface area contributed by atoms with E-state index in [4.69, 9.17) is 9.72 Å². The molecule has 11 rings (SSSR count). The van der Waals surface area contributed by atoms with Crippen LogP contribution in [0.15, 0.2) is 83.8 Å². The number of hydrogen-bond donors (Lipinski definition) is 2. The zero-order valence-corrected chi connectivity index (χ0v) is 40.7. The number of fused-ring (bicyclic) bond motifs is 3. The standard InChI is InChI=1S/C55H64N10O5/c1-60-42(31-44-43(14-21-56-52(44)60)41-9-10-45-46(30-41)58-50(57-45)34-70-3)33-63-24-19-39(20-25-63)38-5-7-40(8-6-38)54(68)64-26-17-36(18-27-64)32-62-22-15-35(16-23-62)28-37-4-11-47-49(29-37)61(2)55(69)65(47)48-12-13-51(66)59-53(48)67/h4-11,14,21,29-31,35-36,39,48H,12-13,15-20,22-28,32-34H2,1-3H3,(H,57,58)(H,59,66,67). The van der Waals surface area contributed by atoms with Crippen molar-refractivity contribution in [2.75, 3.05) is 52.9 Å². The third-order valence-electron chi connectivity index (χ3n) is 16.1. The Kier molecular flexibility index (Phi) is 12.8. The molecule has 7 aromatic rings. The number of aromatic amines is 1. The van der Waals surface area contributed by atoms with Gasteiger partial charge in [-0.05, 0) is 166 Å². The number of nitrogens with one attached hydrogen (secondary N) is 2. The van der Waals surface area contributed by atoms with E-state index in [9.17, 15) is 19.2 Å². The fourth-order valence-corrected chi connectivity index (χ4v) is 12.0. The summed E-state index contributed by atoms with van der Waals surface area (Å²) in [5, 5.41) is 3.54. The van der Waals surface area contributed by atoms with E-state index in [2.05, 4.69) is 108 Å². The lowest BCUT2D eigenvalue weighted by molar-refractivity contribution is -0.135. The van der Waals surface area contributed by atoms with E-state index in [0.29, 0.717) is 30.8 Å². The van der Waals surface area contributed by atoms with E-state index in [1.807, 2.05) is 12.3 Å². The summed E-state index contributed by atoms with van der Waals surface area (Å²) in [6.45, 7) is 8.23. The second-order valence-corrected chi connectivity index (χ2v) is 20.5. The molecular weight excluding hydrogens is 881 g/mol. The highest BCUT2D eigenvalue weighted by molar-refractivity contribution is 6.00. The molecule has 15 nitrogen and oxygen atoms in total. The number of carbonyl (C=O) groups is 3. The molecule has 364 valence electrons. The second kappa shape index (κ2) is 19.4. The number of H-pyrrole nitrogens is 1. The summed E-state index contributed by atoms with van der Waals surface area (Å²) in [5.41, 5.74) is 11.1. The molecule has 0 bridgehead atoms. The summed E-state index contributed by atoms with van der Waals surface area (Å²) < 4.78 is 10.7. The quantitative estimate of drug-likeness (QED) is 0.122. The Balaban J connectivity index is 0.626. The minimum atomic E-state index is -0.674. The van der Waals surface area contributed by atoms with Crippen molar-refractivity contribution in [3.63, 3.8) is 0 Å².